The number of anilines is 1. The van der Waals surface area contributed by atoms with E-state index in [0.29, 0.717) is 28.1 Å². The minimum Gasteiger partial charge on any atom is -0.423 e. The number of aromatic nitrogens is 2. The minimum absolute atomic E-state index is 0.198. The van der Waals surface area contributed by atoms with Crippen molar-refractivity contribution in [2.75, 3.05) is 5.32 Å². The molecule has 0 aliphatic carbocycles. The molecule has 6 heteroatoms. The van der Waals surface area contributed by atoms with Crippen LogP contribution in [0, 0.1) is 20.8 Å². The van der Waals surface area contributed by atoms with Crippen LogP contribution in [0.3, 0.4) is 0 Å². The summed E-state index contributed by atoms with van der Waals surface area (Å²) in [7, 11) is 0. The van der Waals surface area contributed by atoms with Gasteiger partial charge in [0.1, 0.15) is 5.75 Å². The molecule has 0 unspecified atom stereocenters. The lowest BCUT2D eigenvalue weighted by Gasteiger charge is -2.08. The first-order chi connectivity index (χ1) is 14.9. The Kier molecular flexibility index (Phi) is 5.45. The van der Waals surface area contributed by atoms with Crippen LogP contribution < -0.4 is 10.1 Å². The molecule has 0 saturated heterocycles. The smallest absolute Gasteiger partial charge is 0.343 e. The summed E-state index contributed by atoms with van der Waals surface area (Å²) in [6.07, 6.45) is 0. The molecule has 0 aliphatic rings. The SMILES string of the molecule is Cc1cccc(C(=O)Nc2ccc(OC(=O)c3ccc4nc(C)c(C)nc4c3)cc2)c1. The number of benzene rings is 3. The molecule has 6 nitrogen and oxygen atoms in total. The summed E-state index contributed by atoms with van der Waals surface area (Å²) in [6.45, 7) is 5.72. The molecule has 0 bridgehead atoms. The fourth-order valence-electron chi connectivity index (χ4n) is 3.12. The van der Waals surface area contributed by atoms with Crippen LogP contribution in [0.1, 0.15) is 37.7 Å². The Morgan fingerprint density at radius 3 is 2.19 bits per heavy atom. The molecule has 4 aromatic rings. The summed E-state index contributed by atoms with van der Waals surface area (Å²) < 4.78 is 5.46. The number of nitrogens with one attached hydrogen (secondary N) is 1. The van der Waals surface area contributed by atoms with Crippen LogP contribution in [0.25, 0.3) is 11.0 Å². The normalized spacial score (nSPS) is 10.7. The Balaban J connectivity index is 1.45. The van der Waals surface area contributed by atoms with Gasteiger partial charge in [-0.2, -0.15) is 0 Å². The Labute approximate surface area is 179 Å². The van der Waals surface area contributed by atoms with Gasteiger partial charge in [0.2, 0.25) is 0 Å². The third-order valence-corrected chi connectivity index (χ3v) is 4.91. The molecule has 0 fully saturated rings. The molecule has 3 aromatic carbocycles. The van der Waals surface area contributed by atoms with Crippen molar-refractivity contribution >= 4 is 28.6 Å². The van der Waals surface area contributed by atoms with Gasteiger partial charge in [-0.1, -0.05) is 17.7 Å². The summed E-state index contributed by atoms with van der Waals surface area (Å²) >= 11 is 0. The highest BCUT2D eigenvalue weighted by molar-refractivity contribution is 6.04. The number of ether oxygens (including phenoxy) is 1. The van der Waals surface area contributed by atoms with Gasteiger partial charge in [0.25, 0.3) is 5.91 Å². The molecule has 0 saturated carbocycles. The van der Waals surface area contributed by atoms with Gasteiger partial charge in [-0.25, -0.2) is 14.8 Å². The maximum absolute atomic E-state index is 12.5. The summed E-state index contributed by atoms with van der Waals surface area (Å²) in [4.78, 5) is 33.9. The Hall–Kier alpha value is -4.06. The van der Waals surface area contributed by atoms with E-state index in [1.54, 1.807) is 48.5 Å². The third kappa shape index (κ3) is 4.59. The monoisotopic (exact) mass is 411 g/mol. The first kappa shape index (κ1) is 20.2. The molecule has 0 radical (unpaired) electrons. The molecule has 0 spiro atoms. The molecule has 31 heavy (non-hydrogen) atoms. The van der Waals surface area contributed by atoms with Gasteiger partial charge in [-0.05, 0) is 75.4 Å². The Morgan fingerprint density at radius 2 is 1.48 bits per heavy atom. The van der Waals surface area contributed by atoms with Gasteiger partial charge in [0.05, 0.1) is 28.0 Å². The molecular weight excluding hydrogens is 390 g/mol. The predicted molar refractivity (Wildman–Crippen MR) is 120 cm³/mol. The van der Waals surface area contributed by atoms with Crippen molar-refractivity contribution in [1.82, 2.24) is 9.97 Å². The number of nitrogens with zero attached hydrogens (tertiary/aromatic N) is 2. The van der Waals surface area contributed by atoms with Crippen LogP contribution >= 0.6 is 0 Å². The summed E-state index contributed by atoms with van der Waals surface area (Å²) in [5.74, 6) is -0.306. The molecule has 1 heterocycles. The van der Waals surface area contributed by atoms with E-state index in [4.69, 9.17) is 4.74 Å². The van der Waals surface area contributed by atoms with E-state index in [1.807, 2.05) is 39.0 Å². The second-order valence-electron chi connectivity index (χ2n) is 7.34. The standard InChI is InChI=1S/C25H21N3O3/c1-15-5-4-6-18(13-15)24(29)28-20-8-10-21(11-9-20)31-25(30)19-7-12-22-23(14-19)27-17(3)16(2)26-22/h4-14H,1-3H3,(H,28,29). The van der Waals surface area contributed by atoms with Crippen LogP contribution in [0.4, 0.5) is 5.69 Å². The quantitative estimate of drug-likeness (QED) is 0.376. The summed E-state index contributed by atoms with van der Waals surface area (Å²) in [5.41, 5.74) is 5.65. The second kappa shape index (κ2) is 8.36. The Bertz CT molecular complexity index is 1300. The van der Waals surface area contributed by atoms with E-state index in [2.05, 4.69) is 15.3 Å². The topological polar surface area (TPSA) is 81.2 Å². The zero-order valence-corrected chi connectivity index (χ0v) is 17.5. The predicted octanol–water partition coefficient (Wildman–Crippen LogP) is 5.03. The van der Waals surface area contributed by atoms with Crippen LogP contribution in [0.15, 0.2) is 66.7 Å². The number of carbonyl (C=O) groups excluding carboxylic acids is 2. The fourth-order valence-corrected chi connectivity index (χ4v) is 3.12. The van der Waals surface area contributed by atoms with Gasteiger partial charge in [-0.3, -0.25) is 4.79 Å². The van der Waals surface area contributed by atoms with Gasteiger partial charge >= 0.3 is 5.97 Å². The highest BCUT2D eigenvalue weighted by Crippen LogP contribution is 2.20. The second-order valence-corrected chi connectivity index (χ2v) is 7.34. The van der Waals surface area contributed by atoms with Crippen LogP contribution in [-0.4, -0.2) is 21.8 Å². The zero-order chi connectivity index (χ0) is 22.0. The van der Waals surface area contributed by atoms with Crippen molar-refractivity contribution in [1.29, 1.82) is 0 Å². The number of carbonyl (C=O) groups is 2. The zero-order valence-electron chi connectivity index (χ0n) is 17.5. The van der Waals surface area contributed by atoms with Crippen molar-refractivity contribution in [3.8, 4) is 5.75 Å². The van der Waals surface area contributed by atoms with Gasteiger partial charge in [-0.15, -0.1) is 0 Å². The van der Waals surface area contributed by atoms with Crippen LogP contribution in [0.2, 0.25) is 0 Å². The van der Waals surface area contributed by atoms with Crippen molar-refractivity contribution in [3.63, 3.8) is 0 Å². The average Bonchev–Trinajstić information content (AvgIpc) is 2.75. The number of amides is 1. The number of rotatable bonds is 4. The molecule has 1 amide bonds. The average molecular weight is 411 g/mol. The van der Waals surface area contributed by atoms with E-state index in [9.17, 15) is 9.59 Å². The maximum Gasteiger partial charge on any atom is 0.343 e. The van der Waals surface area contributed by atoms with E-state index in [1.165, 1.54) is 0 Å². The highest BCUT2D eigenvalue weighted by Gasteiger charge is 2.12. The lowest BCUT2D eigenvalue weighted by atomic mass is 10.1. The van der Waals surface area contributed by atoms with Crippen LogP contribution in [-0.2, 0) is 0 Å². The molecule has 154 valence electrons. The van der Waals surface area contributed by atoms with Crippen molar-refractivity contribution in [2.24, 2.45) is 0 Å². The summed E-state index contributed by atoms with van der Waals surface area (Å²) in [5, 5.41) is 2.83. The van der Waals surface area contributed by atoms with E-state index in [0.717, 1.165) is 22.5 Å². The number of aryl methyl sites for hydroxylation is 3. The van der Waals surface area contributed by atoms with Crippen molar-refractivity contribution in [2.45, 2.75) is 20.8 Å². The minimum atomic E-state index is -0.488. The first-order valence-corrected chi connectivity index (χ1v) is 9.84. The number of hydrogen-bond acceptors (Lipinski definition) is 5. The molecule has 1 aromatic heterocycles. The van der Waals surface area contributed by atoms with Crippen molar-refractivity contribution < 1.29 is 14.3 Å². The van der Waals surface area contributed by atoms with E-state index < -0.39 is 5.97 Å². The first-order valence-electron chi connectivity index (χ1n) is 9.84. The number of esters is 1. The van der Waals surface area contributed by atoms with Gasteiger partial charge in [0.15, 0.2) is 0 Å². The largest absolute Gasteiger partial charge is 0.423 e. The van der Waals surface area contributed by atoms with Crippen LogP contribution in [0.5, 0.6) is 5.75 Å². The van der Waals surface area contributed by atoms with Crippen molar-refractivity contribution in [3.05, 3.63) is 94.8 Å². The molecule has 1 N–H and O–H groups in total. The summed E-state index contributed by atoms with van der Waals surface area (Å²) in [6, 6.07) is 19.1. The highest BCUT2D eigenvalue weighted by atomic mass is 16.5. The lowest BCUT2D eigenvalue weighted by molar-refractivity contribution is 0.0734. The molecule has 4 rings (SSSR count). The fraction of sp³-hybridized carbons (Fsp3) is 0.120. The van der Waals surface area contributed by atoms with E-state index in [-0.39, 0.29) is 5.91 Å². The van der Waals surface area contributed by atoms with Gasteiger partial charge in [0, 0.05) is 11.3 Å². The number of fused-ring (bicyclic) bond motifs is 1. The maximum atomic E-state index is 12.5. The Morgan fingerprint density at radius 1 is 0.774 bits per heavy atom. The molecule has 0 aliphatic heterocycles. The third-order valence-electron chi connectivity index (χ3n) is 4.91. The number of hydrogen-bond donors (Lipinski definition) is 1. The van der Waals surface area contributed by atoms with Gasteiger partial charge < -0.3 is 10.1 Å². The molecule has 0 atom stereocenters. The molecular formula is C25H21N3O3. The van der Waals surface area contributed by atoms with E-state index >= 15 is 0 Å². The lowest BCUT2D eigenvalue weighted by Crippen LogP contribution is -2.12.